The Balaban J connectivity index is 2.40. The van der Waals surface area contributed by atoms with Crippen LogP contribution in [0.25, 0.3) is 0 Å². The van der Waals surface area contributed by atoms with E-state index in [1.54, 1.807) is 0 Å². The number of hydrogen-bond acceptors (Lipinski definition) is 3. The summed E-state index contributed by atoms with van der Waals surface area (Å²) in [4.78, 5) is 1.96. The van der Waals surface area contributed by atoms with Gasteiger partial charge in [-0.25, -0.2) is 0 Å². The molecule has 0 bridgehead atoms. The number of rotatable bonds is 2. The number of nitrogens with two attached hydrogens (primary N) is 1. The normalized spacial score (nSPS) is 9.89. The first-order valence-electron chi connectivity index (χ1n) is 5.60. The summed E-state index contributed by atoms with van der Waals surface area (Å²) < 4.78 is 0.937. The molecular weight excluding hydrogens is 292 g/mol. The van der Waals surface area contributed by atoms with Crippen molar-refractivity contribution in [1.82, 2.24) is 0 Å². The van der Waals surface area contributed by atoms with Crippen molar-refractivity contribution >= 4 is 56.2 Å². The summed E-state index contributed by atoms with van der Waals surface area (Å²) in [7, 11) is 0. The van der Waals surface area contributed by atoms with Gasteiger partial charge in [0.2, 0.25) is 0 Å². The van der Waals surface area contributed by atoms with E-state index in [0.717, 1.165) is 11.4 Å². The lowest BCUT2D eigenvalue weighted by molar-refractivity contribution is 1.39. The van der Waals surface area contributed by atoms with E-state index in [-0.39, 0.29) is 0 Å². The van der Waals surface area contributed by atoms with Crippen molar-refractivity contribution < 1.29 is 0 Å². The number of hydrogen-bond donors (Lipinski definition) is 1. The minimum atomic E-state index is 0.321. The molecule has 96 valence electrons. The standard InChI is InChI=1S/C14H12N2S3/c15-13(17)19-14(18)16(11-7-3-1-4-8-11)12-9-5-2-6-10-12/h1-10H,(H2,15,17). The summed E-state index contributed by atoms with van der Waals surface area (Å²) in [6, 6.07) is 19.8. The van der Waals surface area contributed by atoms with Crippen LogP contribution < -0.4 is 10.6 Å². The summed E-state index contributed by atoms with van der Waals surface area (Å²) in [5.41, 5.74) is 7.54. The van der Waals surface area contributed by atoms with Gasteiger partial charge in [-0.1, -0.05) is 60.8 Å². The lowest BCUT2D eigenvalue weighted by Gasteiger charge is -2.24. The summed E-state index contributed by atoms with van der Waals surface area (Å²) in [6.07, 6.45) is 0. The highest BCUT2D eigenvalue weighted by atomic mass is 32.2. The molecule has 0 amide bonds. The molecule has 2 aromatic carbocycles. The Morgan fingerprint density at radius 3 is 1.63 bits per heavy atom. The van der Waals surface area contributed by atoms with Crippen LogP contribution in [0.4, 0.5) is 11.4 Å². The maximum atomic E-state index is 5.57. The van der Waals surface area contributed by atoms with E-state index in [2.05, 4.69) is 0 Å². The third-order valence-corrected chi connectivity index (χ3v) is 3.64. The second kappa shape index (κ2) is 6.65. The van der Waals surface area contributed by atoms with Gasteiger partial charge in [-0.3, -0.25) is 4.90 Å². The van der Waals surface area contributed by atoms with Crippen LogP contribution in [0.15, 0.2) is 60.7 Å². The molecule has 0 aromatic heterocycles. The van der Waals surface area contributed by atoms with Crippen LogP contribution in [0.1, 0.15) is 0 Å². The molecule has 0 aliphatic heterocycles. The molecule has 0 atom stereocenters. The van der Waals surface area contributed by atoms with Crippen molar-refractivity contribution in [3.63, 3.8) is 0 Å². The number of benzene rings is 2. The highest BCUT2D eigenvalue weighted by molar-refractivity contribution is 8.38. The highest BCUT2D eigenvalue weighted by Crippen LogP contribution is 2.28. The molecular formula is C14H12N2S3. The van der Waals surface area contributed by atoms with Gasteiger partial charge in [-0.2, -0.15) is 0 Å². The molecule has 0 aliphatic carbocycles. The Labute approximate surface area is 127 Å². The van der Waals surface area contributed by atoms with Crippen molar-refractivity contribution in [3.05, 3.63) is 60.7 Å². The molecule has 0 saturated heterocycles. The fourth-order valence-corrected chi connectivity index (χ4v) is 3.00. The molecule has 2 nitrogen and oxygen atoms in total. The van der Waals surface area contributed by atoms with Gasteiger partial charge in [-0.15, -0.1) is 0 Å². The van der Waals surface area contributed by atoms with Crippen LogP contribution in [-0.2, 0) is 0 Å². The van der Waals surface area contributed by atoms with Crippen molar-refractivity contribution in [2.45, 2.75) is 0 Å². The maximum Gasteiger partial charge on any atom is 0.152 e. The summed E-state index contributed by atoms with van der Waals surface area (Å²) >= 11 is 11.6. The van der Waals surface area contributed by atoms with Gasteiger partial charge in [0.25, 0.3) is 0 Å². The van der Waals surface area contributed by atoms with Crippen molar-refractivity contribution in [3.8, 4) is 0 Å². The van der Waals surface area contributed by atoms with E-state index in [1.165, 1.54) is 11.8 Å². The van der Waals surface area contributed by atoms with Gasteiger partial charge in [0, 0.05) is 11.4 Å². The predicted molar refractivity (Wildman–Crippen MR) is 92.0 cm³/mol. The van der Waals surface area contributed by atoms with Crippen LogP contribution in [-0.4, -0.2) is 8.64 Å². The quantitative estimate of drug-likeness (QED) is 0.844. The largest absolute Gasteiger partial charge is 0.384 e. The molecule has 5 heteroatoms. The minimum Gasteiger partial charge on any atom is -0.384 e. The van der Waals surface area contributed by atoms with Gasteiger partial charge in [-0.05, 0) is 36.0 Å². The molecule has 0 unspecified atom stereocenters. The van der Waals surface area contributed by atoms with Crippen molar-refractivity contribution in [2.24, 2.45) is 5.73 Å². The van der Waals surface area contributed by atoms with E-state index < -0.39 is 0 Å². The molecule has 2 rings (SSSR count). The molecule has 0 heterocycles. The van der Waals surface area contributed by atoms with Gasteiger partial charge in [0.1, 0.15) is 4.32 Å². The number of para-hydroxylation sites is 2. The zero-order valence-electron chi connectivity index (χ0n) is 10.0. The zero-order chi connectivity index (χ0) is 13.7. The average molecular weight is 304 g/mol. The molecule has 19 heavy (non-hydrogen) atoms. The number of nitrogens with zero attached hydrogens (tertiary/aromatic N) is 1. The fraction of sp³-hybridized carbons (Fsp3) is 0. The van der Waals surface area contributed by atoms with Crippen molar-refractivity contribution in [1.29, 1.82) is 0 Å². The molecule has 0 spiro atoms. The van der Waals surface area contributed by atoms with Crippen LogP contribution >= 0.6 is 36.2 Å². The fourth-order valence-electron chi connectivity index (χ4n) is 1.65. The summed E-state index contributed by atoms with van der Waals surface area (Å²) in [6.45, 7) is 0. The molecule has 2 aromatic rings. The monoisotopic (exact) mass is 304 g/mol. The predicted octanol–water partition coefficient (Wildman–Crippen LogP) is 4.09. The van der Waals surface area contributed by atoms with Crippen LogP contribution in [0.2, 0.25) is 0 Å². The Bertz CT molecular complexity index is 530. The van der Waals surface area contributed by atoms with E-state index in [1.807, 2.05) is 65.6 Å². The van der Waals surface area contributed by atoms with Gasteiger partial charge >= 0.3 is 0 Å². The molecule has 0 aliphatic rings. The van der Waals surface area contributed by atoms with Crippen LogP contribution in [0, 0.1) is 0 Å². The topological polar surface area (TPSA) is 29.3 Å². The molecule has 0 saturated carbocycles. The Kier molecular flexibility index (Phi) is 4.90. The van der Waals surface area contributed by atoms with Crippen LogP contribution in [0.5, 0.6) is 0 Å². The Morgan fingerprint density at radius 2 is 1.26 bits per heavy atom. The lowest BCUT2D eigenvalue weighted by atomic mass is 10.2. The van der Waals surface area contributed by atoms with Gasteiger partial charge < -0.3 is 5.73 Å². The second-order valence-electron chi connectivity index (χ2n) is 3.69. The number of thioether (sulfide) groups is 1. The highest BCUT2D eigenvalue weighted by Gasteiger charge is 2.15. The first kappa shape index (κ1) is 14.0. The van der Waals surface area contributed by atoms with E-state index >= 15 is 0 Å². The van der Waals surface area contributed by atoms with Gasteiger partial charge in [0.15, 0.2) is 4.32 Å². The van der Waals surface area contributed by atoms with Gasteiger partial charge in [0.05, 0.1) is 0 Å². The first-order valence-corrected chi connectivity index (χ1v) is 7.23. The molecule has 0 radical (unpaired) electrons. The Hall–Kier alpha value is -1.43. The van der Waals surface area contributed by atoms with E-state index in [0.29, 0.717) is 8.64 Å². The summed E-state index contributed by atoms with van der Waals surface area (Å²) in [5.74, 6) is 0. The van der Waals surface area contributed by atoms with E-state index in [9.17, 15) is 0 Å². The van der Waals surface area contributed by atoms with E-state index in [4.69, 9.17) is 30.2 Å². The molecule has 0 fully saturated rings. The zero-order valence-corrected chi connectivity index (χ0v) is 12.5. The van der Waals surface area contributed by atoms with Crippen molar-refractivity contribution in [2.75, 3.05) is 4.90 Å². The first-order chi connectivity index (χ1) is 9.18. The lowest BCUT2D eigenvalue weighted by Crippen LogP contribution is -2.23. The smallest absolute Gasteiger partial charge is 0.152 e. The molecule has 2 N–H and O–H groups in total. The average Bonchev–Trinajstić information content (AvgIpc) is 2.40. The van der Waals surface area contributed by atoms with Crippen LogP contribution in [0.3, 0.4) is 0 Å². The minimum absolute atomic E-state index is 0.321. The SMILES string of the molecule is NC(=S)SC(=S)N(c1ccccc1)c1ccccc1. The second-order valence-corrected chi connectivity index (χ2v) is 6.07. The third kappa shape index (κ3) is 3.76. The number of anilines is 2. The Morgan fingerprint density at radius 1 is 0.842 bits per heavy atom. The summed E-state index contributed by atoms with van der Waals surface area (Å²) in [5, 5.41) is 0. The third-order valence-electron chi connectivity index (χ3n) is 2.40. The maximum absolute atomic E-state index is 5.57. The number of thiocarbonyl (C=S) groups is 2.